The van der Waals surface area contributed by atoms with Crippen LogP contribution in [0.1, 0.15) is 31.7 Å². The first-order valence-electron chi connectivity index (χ1n) is 7.02. The average molecular weight is 245 g/mol. The van der Waals surface area contributed by atoms with Crippen molar-refractivity contribution in [1.82, 2.24) is 4.90 Å². The van der Waals surface area contributed by atoms with E-state index < -0.39 is 0 Å². The van der Waals surface area contributed by atoms with E-state index in [0.29, 0.717) is 18.7 Å². The summed E-state index contributed by atoms with van der Waals surface area (Å²) < 4.78 is 0. The highest BCUT2D eigenvalue weighted by molar-refractivity contribution is 5.82. The smallest absolute Gasteiger partial charge is 0.151 e. The SMILES string of the molecule is CC1CCCN(CC(=O)Cc2ccccc2)CC1. The van der Waals surface area contributed by atoms with Crippen molar-refractivity contribution in [3.63, 3.8) is 0 Å². The molecule has 0 spiro atoms. The topological polar surface area (TPSA) is 20.3 Å². The second-order valence-electron chi connectivity index (χ2n) is 5.51. The van der Waals surface area contributed by atoms with Gasteiger partial charge in [-0.2, -0.15) is 0 Å². The van der Waals surface area contributed by atoms with Crippen LogP contribution in [-0.4, -0.2) is 30.3 Å². The maximum absolute atomic E-state index is 12.0. The summed E-state index contributed by atoms with van der Waals surface area (Å²) in [5.41, 5.74) is 1.13. The molecular weight excluding hydrogens is 222 g/mol. The molecule has 1 aliphatic heterocycles. The lowest BCUT2D eigenvalue weighted by molar-refractivity contribution is -0.119. The lowest BCUT2D eigenvalue weighted by Gasteiger charge is -2.18. The Morgan fingerprint density at radius 1 is 1.22 bits per heavy atom. The number of ketones is 1. The molecule has 0 bridgehead atoms. The molecule has 2 heteroatoms. The summed E-state index contributed by atoms with van der Waals surface area (Å²) in [6, 6.07) is 10.0. The van der Waals surface area contributed by atoms with Gasteiger partial charge in [0.25, 0.3) is 0 Å². The van der Waals surface area contributed by atoms with Crippen LogP contribution in [-0.2, 0) is 11.2 Å². The van der Waals surface area contributed by atoms with Gasteiger partial charge in [0.2, 0.25) is 0 Å². The monoisotopic (exact) mass is 245 g/mol. The summed E-state index contributed by atoms with van der Waals surface area (Å²) in [6.45, 7) is 5.11. The molecule has 0 saturated carbocycles. The zero-order valence-electron chi connectivity index (χ0n) is 11.3. The Bertz CT molecular complexity index is 374. The number of hydrogen-bond donors (Lipinski definition) is 0. The number of benzene rings is 1. The summed E-state index contributed by atoms with van der Waals surface area (Å²) in [5.74, 6) is 1.16. The summed E-state index contributed by atoms with van der Waals surface area (Å²) >= 11 is 0. The molecule has 1 aliphatic rings. The van der Waals surface area contributed by atoms with Gasteiger partial charge in [-0.1, -0.05) is 37.3 Å². The zero-order chi connectivity index (χ0) is 12.8. The van der Waals surface area contributed by atoms with Crippen LogP contribution in [0.15, 0.2) is 30.3 Å². The lowest BCUT2D eigenvalue weighted by atomic mass is 10.0. The van der Waals surface area contributed by atoms with Crippen LogP contribution in [0.25, 0.3) is 0 Å². The van der Waals surface area contributed by atoms with Gasteiger partial charge in [-0.05, 0) is 43.8 Å². The fourth-order valence-corrected chi connectivity index (χ4v) is 2.61. The zero-order valence-corrected chi connectivity index (χ0v) is 11.3. The predicted molar refractivity (Wildman–Crippen MR) is 74.6 cm³/mol. The van der Waals surface area contributed by atoms with E-state index in [1.807, 2.05) is 30.3 Å². The van der Waals surface area contributed by atoms with E-state index in [0.717, 1.165) is 24.6 Å². The first kappa shape index (κ1) is 13.3. The average Bonchev–Trinajstić information content (AvgIpc) is 2.56. The lowest BCUT2D eigenvalue weighted by Crippen LogP contribution is -2.31. The van der Waals surface area contributed by atoms with Gasteiger partial charge in [0.1, 0.15) is 0 Å². The summed E-state index contributed by atoms with van der Waals surface area (Å²) in [7, 11) is 0. The minimum absolute atomic E-state index is 0.343. The first-order chi connectivity index (χ1) is 8.74. The molecule has 1 fully saturated rings. The maximum Gasteiger partial charge on any atom is 0.151 e. The number of Topliss-reactive ketones (excluding diaryl/α,β-unsaturated/α-hetero) is 1. The van der Waals surface area contributed by atoms with Crippen molar-refractivity contribution in [3.05, 3.63) is 35.9 Å². The van der Waals surface area contributed by atoms with Gasteiger partial charge in [-0.25, -0.2) is 0 Å². The number of hydrogen-bond acceptors (Lipinski definition) is 2. The van der Waals surface area contributed by atoms with Gasteiger partial charge >= 0.3 is 0 Å². The van der Waals surface area contributed by atoms with E-state index in [-0.39, 0.29) is 0 Å². The van der Waals surface area contributed by atoms with Crippen molar-refractivity contribution >= 4 is 5.78 Å². The Balaban J connectivity index is 1.80. The van der Waals surface area contributed by atoms with E-state index in [1.54, 1.807) is 0 Å². The molecule has 0 amide bonds. The third-order valence-electron chi connectivity index (χ3n) is 3.75. The van der Waals surface area contributed by atoms with Crippen molar-refractivity contribution in [2.75, 3.05) is 19.6 Å². The normalized spacial score (nSPS) is 21.5. The molecule has 0 aliphatic carbocycles. The van der Waals surface area contributed by atoms with Gasteiger partial charge in [-0.15, -0.1) is 0 Å². The summed E-state index contributed by atoms with van der Waals surface area (Å²) in [5, 5.41) is 0. The molecule has 0 aromatic heterocycles. The number of likely N-dealkylation sites (tertiary alicyclic amines) is 1. The van der Waals surface area contributed by atoms with Crippen LogP contribution in [0, 0.1) is 5.92 Å². The molecule has 1 aromatic carbocycles. The van der Waals surface area contributed by atoms with E-state index in [2.05, 4.69) is 11.8 Å². The molecule has 98 valence electrons. The molecule has 1 unspecified atom stereocenters. The number of carbonyl (C=O) groups is 1. The molecular formula is C16H23NO. The van der Waals surface area contributed by atoms with Crippen LogP contribution >= 0.6 is 0 Å². The van der Waals surface area contributed by atoms with Crippen molar-refractivity contribution in [2.24, 2.45) is 5.92 Å². The fourth-order valence-electron chi connectivity index (χ4n) is 2.61. The number of nitrogens with zero attached hydrogens (tertiary/aromatic N) is 1. The first-order valence-corrected chi connectivity index (χ1v) is 7.02. The second kappa shape index (κ2) is 6.69. The van der Waals surface area contributed by atoms with Crippen molar-refractivity contribution in [3.8, 4) is 0 Å². The molecule has 2 nitrogen and oxygen atoms in total. The van der Waals surface area contributed by atoms with Crippen LogP contribution in [0.4, 0.5) is 0 Å². The van der Waals surface area contributed by atoms with E-state index in [4.69, 9.17) is 0 Å². The van der Waals surface area contributed by atoms with Gasteiger partial charge in [0.05, 0.1) is 6.54 Å². The molecule has 1 heterocycles. The Hall–Kier alpha value is -1.15. The van der Waals surface area contributed by atoms with Crippen LogP contribution < -0.4 is 0 Å². The minimum Gasteiger partial charge on any atom is -0.298 e. The Morgan fingerprint density at radius 2 is 2.00 bits per heavy atom. The molecule has 0 radical (unpaired) electrons. The minimum atomic E-state index is 0.343. The molecule has 18 heavy (non-hydrogen) atoms. The highest BCUT2D eigenvalue weighted by Gasteiger charge is 2.16. The van der Waals surface area contributed by atoms with Gasteiger partial charge < -0.3 is 0 Å². The third kappa shape index (κ3) is 4.26. The predicted octanol–water partition coefficient (Wildman–Crippen LogP) is 2.92. The van der Waals surface area contributed by atoms with E-state index in [9.17, 15) is 4.79 Å². The maximum atomic E-state index is 12.0. The van der Waals surface area contributed by atoms with Gasteiger partial charge in [0, 0.05) is 6.42 Å². The molecule has 1 atom stereocenters. The highest BCUT2D eigenvalue weighted by atomic mass is 16.1. The molecule has 1 aromatic rings. The Morgan fingerprint density at radius 3 is 2.78 bits per heavy atom. The Labute approximate surface area is 110 Å². The number of rotatable bonds is 4. The van der Waals surface area contributed by atoms with Crippen LogP contribution in [0.5, 0.6) is 0 Å². The second-order valence-corrected chi connectivity index (χ2v) is 5.51. The van der Waals surface area contributed by atoms with Crippen molar-refractivity contribution in [2.45, 2.75) is 32.6 Å². The number of carbonyl (C=O) groups excluding carboxylic acids is 1. The standard InChI is InChI=1S/C16H23NO/c1-14-6-5-10-17(11-9-14)13-16(18)12-15-7-3-2-4-8-15/h2-4,7-8,14H,5-6,9-13H2,1H3. The fraction of sp³-hybridized carbons (Fsp3) is 0.562. The van der Waals surface area contributed by atoms with E-state index >= 15 is 0 Å². The quantitative estimate of drug-likeness (QED) is 0.813. The van der Waals surface area contributed by atoms with Gasteiger partial charge in [0.15, 0.2) is 5.78 Å². The highest BCUT2D eigenvalue weighted by Crippen LogP contribution is 2.16. The largest absolute Gasteiger partial charge is 0.298 e. The molecule has 0 N–H and O–H groups in total. The van der Waals surface area contributed by atoms with Crippen molar-refractivity contribution < 1.29 is 4.79 Å². The Kier molecular flexibility index (Phi) is 4.94. The summed E-state index contributed by atoms with van der Waals surface area (Å²) in [4.78, 5) is 14.4. The molecule has 2 rings (SSSR count). The van der Waals surface area contributed by atoms with E-state index in [1.165, 1.54) is 19.3 Å². The summed E-state index contributed by atoms with van der Waals surface area (Å²) in [6.07, 6.45) is 4.36. The van der Waals surface area contributed by atoms with Crippen LogP contribution in [0.2, 0.25) is 0 Å². The van der Waals surface area contributed by atoms with Gasteiger partial charge in [-0.3, -0.25) is 9.69 Å². The third-order valence-corrected chi connectivity index (χ3v) is 3.75. The van der Waals surface area contributed by atoms with Crippen LogP contribution in [0.3, 0.4) is 0 Å². The van der Waals surface area contributed by atoms with Crippen molar-refractivity contribution in [1.29, 1.82) is 0 Å². The molecule has 1 saturated heterocycles.